The third-order valence-electron chi connectivity index (χ3n) is 5.24. The van der Waals surface area contributed by atoms with Gasteiger partial charge in [-0.05, 0) is 54.5 Å². The van der Waals surface area contributed by atoms with Gasteiger partial charge in [-0.2, -0.15) is 0 Å². The Bertz CT molecular complexity index is 584. The van der Waals surface area contributed by atoms with Crippen LogP contribution in [0.1, 0.15) is 38.2 Å². The topological polar surface area (TPSA) is 12.0 Å². The number of rotatable bonds is 4. The lowest BCUT2D eigenvalue weighted by molar-refractivity contribution is 0.227. The Morgan fingerprint density at radius 2 is 1.90 bits per heavy atom. The Balaban J connectivity index is 1.82. The van der Waals surface area contributed by atoms with Crippen LogP contribution >= 0.6 is 0 Å². The highest BCUT2D eigenvalue weighted by molar-refractivity contribution is 5.85. The standard InChI is InChI=1S/C20H27N/c1-15-7-5-11-18(13-15)20(21-2)14-17-10-6-9-16-8-3-4-12-19(16)17/h3-4,6,8-10,12,15,18,20-21H,5,7,11,13-14H2,1-2H3. The van der Waals surface area contributed by atoms with Gasteiger partial charge in [0.25, 0.3) is 0 Å². The molecule has 1 heteroatoms. The molecule has 3 rings (SSSR count). The smallest absolute Gasteiger partial charge is 0.0133 e. The lowest BCUT2D eigenvalue weighted by atomic mass is 9.77. The molecule has 0 aromatic heterocycles. The molecule has 0 spiro atoms. The first-order chi connectivity index (χ1) is 10.3. The maximum Gasteiger partial charge on any atom is 0.0133 e. The minimum absolute atomic E-state index is 0.610. The van der Waals surface area contributed by atoms with Crippen molar-refractivity contribution in [2.24, 2.45) is 11.8 Å². The van der Waals surface area contributed by atoms with E-state index in [4.69, 9.17) is 0 Å². The number of benzene rings is 2. The fourth-order valence-corrected chi connectivity index (χ4v) is 4.06. The van der Waals surface area contributed by atoms with Crippen LogP contribution in [0.25, 0.3) is 10.8 Å². The molecule has 2 aromatic rings. The van der Waals surface area contributed by atoms with Crippen molar-refractivity contribution >= 4 is 10.8 Å². The zero-order valence-corrected chi connectivity index (χ0v) is 13.3. The van der Waals surface area contributed by atoms with E-state index >= 15 is 0 Å². The molecule has 112 valence electrons. The van der Waals surface area contributed by atoms with Crippen LogP contribution in [-0.4, -0.2) is 13.1 Å². The molecule has 0 aliphatic heterocycles. The van der Waals surface area contributed by atoms with E-state index in [2.05, 4.69) is 61.8 Å². The highest BCUT2D eigenvalue weighted by atomic mass is 14.9. The lowest BCUT2D eigenvalue weighted by Gasteiger charge is -2.33. The van der Waals surface area contributed by atoms with Gasteiger partial charge in [-0.15, -0.1) is 0 Å². The van der Waals surface area contributed by atoms with Crippen molar-refractivity contribution in [2.45, 2.75) is 45.1 Å². The zero-order chi connectivity index (χ0) is 14.7. The summed E-state index contributed by atoms with van der Waals surface area (Å²) in [7, 11) is 2.13. The van der Waals surface area contributed by atoms with Crippen molar-refractivity contribution < 1.29 is 0 Å². The summed E-state index contributed by atoms with van der Waals surface area (Å²) in [4.78, 5) is 0. The highest BCUT2D eigenvalue weighted by Crippen LogP contribution is 2.32. The number of nitrogens with one attached hydrogen (secondary N) is 1. The van der Waals surface area contributed by atoms with Crippen LogP contribution in [0, 0.1) is 11.8 Å². The molecule has 1 nitrogen and oxygen atoms in total. The lowest BCUT2D eigenvalue weighted by Crippen LogP contribution is -2.38. The quantitative estimate of drug-likeness (QED) is 0.849. The largest absolute Gasteiger partial charge is 0.316 e. The van der Waals surface area contributed by atoms with E-state index in [0.29, 0.717) is 6.04 Å². The van der Waals surface area contributed by atoms with Gasteiger partial charge in [0.1, 0.15) is 0 Å². The number of fused-ring (bicyclic) bond motifs is 1. The fraction of sp³-hybridized carbons (Fsp3) is 0.500. The summed E-state index contributed by atoms with van der Waals surface area (Å²) in [5.41, 5.74) is 1.49. The molecule has 2 aromatic carbocycles. The first-order valence-electron chi connectivity index (χ1n) is 8.42. The first kappa shape index (κ1) is 14.6. The number of hydrogen-bond acceptors (Lipinski definition) is 1. The summed E-state index contributed by atoms with van der Waals surface area (Å²) in [5.74, 6) is 1.73. The molecule has 3 atom stereocenters. The Morgan fingerprint density at radius 3 is 2.71 bits per heavy atom. The van der Waals surface area contributed by atoms with Crippen molar-refractivity contribution in [1.29, 1.82) is 0 Å². The molecule has 1 saturated carbocycles. The van der Waals surface area contributed by atoms with Gasteiger partial charge in [0.05, 0.1) is 0 Å². The van der Waals surface area contributed by atoms with Crippen LogP contribution in [0.5, 0.6) is 0 Å². The van der Waals surface area contributed by atoms with E-state index in [-0.39, 0.29) is 0 Å². The average Bonchev–Trinajstić information content (AvgIpc) is 2.52. The zero-order valence-electron chi connectivity index (χ0n) is 13.3. The number of likely N-dealkylation sites (N-methyl/N-ethyl adjacent to an activating group) is 1. The molecule has 1 aliphatic rings. The molecule has 0 heterocycles. The maximum atomic E-state index is 3.61. The second kappa shape index (κ2) is 6.62. The molecular weight excluding hydrogens is 254 g/mol. The number of hydrogen-bond donors (Lipinski definition) is 1. The molecule has 1 fully saturated rings. The molecule has 0 radical (unpaired) electrons. The summed E-state index contributed by atoms with van der Waals surface area (Å²) in [5, 5.41) is 6.39. The predicted octanol–water partition coefficient (Wildman–Crippen LogP) is 4.80. The van der Waals surface area contributed by atoms with Crippen molar-refractivity contribution in [3.05, 3.63) is 48.0 Å². The van der Waals surface area contributed by atoms with Gasteiger partial charge in [0.2, 0.25) is 0 Å². The summed E-state index contributed by atoms with van der Waals surface area (Å²) in [6, 6.07) is 16.1. The van der Waals surface area contributed by atoms with E-state index < -0.39 is 0 Å². The van der Waals surface area contributed by atoms with Gasteiger partial charge in [-0.1, -0.05) is 62.2 Å². The Kier molecular flexibility index (Phi) is 4.60. The maximum absolute atomic E-state index is 3.61. The highest BCUT2D eigenvalue weighted by Gasteiger charge is 2.26. The molecule has 0 saturated heterocycles. The Morgan fingerprint density at radius 1 is 1.10 bits per heavy atom. The molecule has 21 heavy (non-hydrogen) atoms. The second-order valence-corrected chi connectivity index (χ2v) is 6.77. The van der Waals surface area contributed by atoms with E-state index in [1.807, 2.05) is 0 Å². The van der Waals surface area contributed by atoms with Crippen LogP contribution in [0.2, 0.25) is 0 Å². The van der Waals surface area contributed by atoms with E-state index in [1.165, 1.54) is 42.0 Å². The third kappa shape index (κ3) is 3.29. The van der Waals surface area contributed by atoms with Gasteiger partial charge in [0.15, 0.2) is 0 Å². The summed E-state index contributed by atoms with van der Waals surface area (Å²) >= 11 is 0. The molecule has 1 N–H and O–H groups in total. The van der Waals surface area contributed by atoms with E-state index in [9.17, 15) is 0 Å². The fourth-order valence-electron chi connectivity index (χ4n) is 4.06. The van der Waals surface area contributed by atoms with Crippen molar-refractivity contribution in [2.75, 3.05) is 7.05 Å². The summed E-state index contributed by atoms with van der Waals surface area (Å²) < 4.78 is 0. The minimum atomic E-state index is 0.610. The molecule has 0 amide bonds. The monoisotopic (exact) mass is 281 g/mol. The van der Waals surface area contributed by atoms with E-state index in [1.54, 1.807) is 0 Å². The molecule has 3 unspecified atom stereocenters. The average molecular weight is 281 g/mol. The SMILES string of the molecule is CNC(Cc1cccc2ccccc12)C1CCCC(C)C1. The van der Waals surface area contributed by atoms with Crippen molar-refractivity contribution in [1.82, 2.24) is 5.32 Å². The van der Waals surface area contributed by atoms with Crippen LogP contribution in [0.4, 0.5) is 0 Å². The van der Waals surface area contributed by atoms with Crippen LogP contribution in [0.15, 0.2) is 42.5 Å². The third-order valence-corrected chi connectivity index (χ3v) is 5.24. The molecule has 0 bridgehead atoms. The van der Waals surface area contributed by atoms with Crippen LogP contribution < -0.4 is 5.32 Å². The van der Waals surface area contributed by atoms with Crippen LogP contribution in [0.3, 0.4) is 0 Å². The second-order valence-electron chi connectivity index (χ2n) is 6.77. The summed E-state index contributed by atoms with van der Waals surface area (Å²) in [6.07, 6.45) is 6.74. The van der Waals surface area contributed by atoms with Gasteiger partial charge >= 0.3 is 0 Å². The molecule has 1 aliphatic carbocycles. The minimum Gasteiger partial charge on any atom is -0.316 e. The normalized spacial score (nSPS) is 24.1. The van der Waals surface area contributed by atoms with Gasteiger partial charge in [-0.25, -0.2) is 0 Å². The molecular formula is C20H27N. The van der Waals surface area contributed by atoms with E-state index in [0.717, 1.165) is 18.3 Å². The van der Waals surface area contributed by atoms with Gasteiger partial charge in [0, 0.05) is 6.04 Å². The van der Waals surface area contributed by atoms with Crippen molar-refractivity contribution in [3.8, 4) is 0 Å². The van der Waals surface area contributed by atoms with Gasteiger partial charge < -0.3 is 5.32 Å². The predicted molar refractivity (Wildman–Crippen MR) is 91.6 cm³/mol. The van der Waals surface area contributed by atoms with Gasteiger partial charge in [-0.3, -0.25) is 0 Å². The Hall–Kier alpha value is -1.34. The summed E-state index contributed by atoms with van der Waals surface area (Å²) in [6.45, 7) is 2.41. The Labute approximate surface area is 128 Å². The van der Waals surface area contributed by atoms with Crippen LogP contribution in [-0.2, 0) is 6.42 Å². The van der Waals surface area contributed by atoms with Crippen molar-refractivity contribution in [3.63, 3.8) is 0 Å². The first-order valence-corrected chi connectivity index (χ1v) is 8.42.